The third kappa shape index (κ3) is 4.08. The molecule has 0 aromatic heterocycles. The summed E-state index contributed by atoms with van der Waals surface area (Å²) in [7, 11) is 0. The predicted octanol–water partition coefficient (Wildman–Crippen LogP) is 5.76. The largest absolute Gasteiger partial charge is 0.306 e. The second-order valence-electron chi connectivity index (χ2n) is 5.34. The molecule has 112 valence electrons. The van der Waals surface area contributed by atoms with Crippen molar-refractivity contribution in [3.8, 4) is 0 Å². The fourth-order valence-corrected chi connectivity index (χ4v) is 3.49. The Morgan fingerprint density at radius 2 is 1.90 bits per heavy atom. The molecule has 0 aliphatic heterocycles. The van der Waals surface area contributed by atoms with Gasteiger partial charge in [-0.1, -0.05) is 41.1 Å². The predicted molar refractivity (Wildman–Crippen MR) is 103 cm³/mol. The summed E-state index contributed by atoms with van der Waals surface area (Å²) in [6.07, 6.45) is 1.13. The molecule has 0 heterocycles. The zero-order valence-electron chi connectivity index (χ0n) is 12.7. The van der Waals surface area contributed by atoms with E-state index in [4.69, 9.17) is 0 Å². The van der Waals surface area contributed by atoms with E-state index in [-0.39, 0.29) is 6.04 Å². The number of rotatable bonds is 5. The van der Waals surface area contributed by atoms with Gasteiger partial charge in [0.05, 0.1) is 6.04 Å². The normalized spacial score (nSPS) is 12.4. The molecule has 0 saturated carbocycles. The van der Waals surface area contributed by atoms with Gasteiger partial charge in [0.1, 0.15) is 0 Å². The van der Waals surface area contributed by atoms with Gasteiger partial charge in [0, 0.05) is 8.04 Å². The van der Waals surface area contributed by atoms with E-state index in [1.165, 1.54) is 25.8 Å². The fraction of sp³-hybridized carbons (Fsp3) is 0.333. The van der Waals surface area contributed by atoms with Crippen LogP contribution in [0.2, 0.25) is 0 Å². The maximum atomic E-state index is 3.72. The van der Waals surface area contributed by atoms with Gasteiger partial charge in [-0.2, -0.15) is 0 Å². The maximum absolute atomic E-state index is 3.72. The van der Waals surface area contributed by atoms with Crippen LogP contribution in [0.15, 0.2) is 40.9 Å². The Morgan fingerprint density at radius 1 is 1.14 bits per heavy atom. The molecule has 1 N–H and O–H groups in total. The summed E-state index contributed by atoms with van der Waals surface area (Å²) in [6.45, 7) is 7.61. The van der Waals surface area contributed by atoms with Crippen molar-refractivity contribution < 1.29 is 0 Å². The molecule has 3 heteroatoms. The molecule has 1 nitrogen and oxygen atoms in total. The van der Waals surface area contributed by atoms with Gasteiger partial charge in [0.2, 0.25) is 0 Å². The van der Waals surface area contributed by atoms with Crippen LogP contribution in [-0.2, 0) is 0 Å². The number of halogens is 2. The van der Waals surface area contributed by atoms with Crippen LogP contribution in [0.1, 0.15) is 41.6 Å². The highest BCUT2D eigenvalue weighted by molar-refractivity contribution is 14.1. The average Bonchev–Trinajstić information content (AvgIpc) is 2.47. The van der Waals surface area contributed by atoms with Gasteiger partial charge in [-0.3, -0.25) is 0 Å². The van der Waals surface area contributed by atoms with Crippen LogP contribution in [-0.4, -0.2) is 6.54 Å². The van der Waals surface area contributed by atoms with Crippen molar-refractivity contribution >= 4 is 38.5 Å². The van der Waals surface area contributed by atoms with Crippen molar-refractivity contribution in [2.24, 2.45) is 0 Å². The zero-order chi connectivity index (χ0) is 15.4. The van der Waals surface area contributed by atoms with Crippen LogP contribution in [0.25, 0.3) is 0 Å². The van der Waals surface area contributed by atoms with Crippen LogP contribution in [0.4, 0.5) is 0 Å². The molecule has 0 spiro atoms. The molecule has 21 heavy (non-hydrogen) atoms. The molecule has 2 rings (SSSR count). The lowest BCUT2D eigenvalue weighted by Crippen LogP contribution is -2.24. The minimum Gasteiger partial charge on any atom is -0.306 e. The molecule has 1 atom stereocenters. The first kappa shape index (κ1) is 17.0. The SMILES string of the molecule is CCCNC(c1cc(I)ccc1Br)c1cccc(C)c1C. The third-order valence-corrected chi connectivity index (χ3v) is 5.22. The molecule has 0 amide bonds. The molecule has 0 aliphatic rings. The number of hydrogen-bond donors (Lipinski definition) is 1. The second-order valence-corrected chi connectivity index (χ2v) is 7.44. The number of benzene rings is 2. The highest BCUT2D eigenvalue weighted by Gasteiger charge is 2.18. The summed E-state index contributed by atoms with van der Waals surface area (Å²) >= 11 is 6.10. The van der Waals surface area contributed by atoms with Crippen molar-refractivity contribution in [3.05, 3.63) is 66.7 Å². The fourth-order valence-electron chi connectivity index (χ4n) is 2.50. The van der Waals surface area contributed by atoms with Gasteiger partial charge in [-0.05, 0) is 89.9 Å². The Kier molecular flexibility index (Phi) is 6.26. The lowest BCUT2D eigenvalue weighted by atomic mass is 9.92. The van der Waals surface area contributed by atoms with Crippen LogP contribution in [0, 0.1) is 17.4 Å². The summed E-state index contributed by atoms with van der Waals surface area (Å²) in [5.41, 5.74) is 5.39. The Bertz CT molecular complexity index is 623. The average molecular weight is 458 g/mol. The third-order valence-electron chi connectivity index (χ3n) is 3.83. The van der Waals surface area contributed by atoms with Crippen LogP contribution in [0.3, 0.4) is 0 Å². The first-order valence-electron chi connectivity index (χ1n) is 7.29. The molecule has 0 radical (unpaired) electrons. The Balaban J connectivity index is 2.52. The van der Waals surface area contributed by atoms with Gasteiger partial charge in [0.15, 0.2) is 0 Å². The molecule has 0 bridgehead atoms. The van der Waals surface area contributed by atoms with Crippen molar-refractivity contribution in [1.82, 2.24) is 5.32 Å². The maximum Gasteiger partial charge on any atom is 0.0590 e. The number of hydrogen-bond acceptors (Lipinski definition) is 1. The van der Waals surface area contributed by atoms with E-state index >= 15 is 0 Å². The Labute approximate surface area is 149 Å². The van der Waals surface area contributed by atoms with Crippen molar-refractivity contribution in [2.45, 2.75) is 33.2 Å². The summed E-state index contributed by atoms with van der Waals surface area (Å²) < 4.78 is 2.43. The van der Waals surface area contributed by atoms with E-state index in [0.29, 0.717) is 0 Å². The van der Waals surface area contributed by atoms with Gasteiger partial charge >= 0.3 is 0 Å². The summed E-state index contributed by atoms with van der Waals surface area (Å²) in [5, 5.41) is 3.70. The summed E-state index contributed by atoms with van der Waals surface area (Å²) in [6, 6.07) is 13.3. The molecular formula is C18H21BrIN. The second kappa shape index (κ2) is 7.75. The van der Waals surface area contributed by atoms with E-state index in [1.54, 1.807) is 0 Å². The van der Waals surface area contributed by atoms with E-state index in [0.717, 1.165) is 17.4 Å². The zero-order valence-corrected chi connectivity index (χ0v) is 16.5. The lowest BCUT2D eigenvalue weighted by Gasteiger charge is -2.23. The number of nitrogens with one attached hydrogen (secondary N) is 1. The smallest absolute Gasteiger partial charge is 0.0590 e. The van der Waals surface area contributed by atoms with E-state index in [2.05, 4.69) is 101 Å². The lowest BCUT2D eigenvalue weighted by molar-refractivity contribution is 0.594. The van der Waals surface area contributed by atoms with Gasteiger partial charge in [0.25, 0.3) is 0 Å². The summed E-state index contributed by atoms with van der Waals surface area (Å²) in [5.74, 6) is 0. The van der Waals surface area contributed by atoms with Crippen LogP contribution >= 0.6 is 38.5 Å². The quantitative estimate of drug-likeness (QED) is 0.562. The molecule has 0 aliphatic carbocycles. The monoisotopic (exact) mass is 457 g/mol. The molecule has 1 unspecified atom stereocenters. The summed E-state index contributed by atoms with van der Waals surface area (Å²) in [4.78, 5) is 0. The minimum atomic E-state index is 0.231. The Morgan fingerprint density at radius 3 is 2.62 bits per heavy atom. The standard InChI is InChI=1S/C18H21BrIN/c1-4-10-21-18(15-7-5-6-12(2)13(15)3)16-11-14(20)8-9-17(16)19/h5-9,11,18,21H,4,10H2,1-3H3. The molecular weight excluding hydrogens is 437 g/mol. The molecule has 2 aromatic carbocycles. The number of aryl methyl sites for hydroxylation is 1. The van der Waals surface area contributed by atoms with Crippen LogP contribution in [0.5, 0.6) is 0 Å². The van der Waals surface area contributed by atoms with Crippen molar-refractivity contribution in [1.29, 1.82) is 0 Å². The minimum absolute atomic E-state index is 0.231. The van der Waals surface area contributed by atoms with Gasteiger partial charge in [-0.25, -0.2) is 0 Å². The Hall–Kier alpha value is -0.390. The van der Waals surface area contributed by atoms with E-state index in [9.17, 15) is 0 Å². The van der Waals surface area contributed by atoms with E-state index in [1.807, 2.05) is 0 Å². The van der Waals surface area contributed by atoms with Crippen molar-refractivity contribution in [2.75, 3.05) is 6.54 Å². The first-order chi connectivity index (χ1) is 10.0. The van der Waals surface area contributed by atoms with Crippen LogP contribution < -0.4 is 5.32 Å². The van der Waals surface area contributed by atoms with Crippen molar-refractivity contribution in [3.63, 3.8) is 0 Å². The molecule has 2 aromatic rings. The molecule has 0 saturated heterocycles. The van der Waals surface area contributed by atoms with Gasteiger partial charge < -0.3 is 5.32 Å². The molecule has 0 fully saturated rings. The first-order valence-corrected chi connectivity index (χ1v) is 9.16. The highest BCUT2D eigenvalue weighted by atomic mass is 127. The highest BCUT2D eigenvalue weighted by Crippen LogP contribution is 2.32. The topological polar surface area (TPSA) is 12.0 Å². The van der Waals surface area contributed by atoms with Gasteiger partial charge in [-0.15, -0.1) is 0 Å². The van der Waals surface area contributed by atoms with E-state index < -0.39 is 0 Å².